The van der Waals surface area contributed by atoms with Crippen LogP contribution < -0.4 is 11.1 Å². The molecular weight excluding hydrogens is 282 g/mol. The molecule has 3 N–H and O–H groups in total. The molecule has 0 heterocycles. The van der Waals surface area contributed by atoms with Crippen molar-refractivity contribution in [1.82, 2.24) is 5.32 Å². The smallest absolute Gasteiger partial charge is 0.307 e. The number of halogens is 2. The lowest BCUT2D eigenvalue weighted by molar-refractivity contribution is -0.145. The molecule has 0 aliphatic rings. The van der Waals surface area contributed by atoms with E-state index >= 15 is 0 Å². The first-order valence-corrected chi connectivity index (χ1v) is 6.38. The molecule has 0 aliphatic heterocycles. The van der Waals surface area contributed by atoms with Crippen LogP contribution in [-0.4, -0.2) is 30.6 Å². The molecule has 7 heteroatoms. The largest absolute Gasteiger partial charge is 0.463 e. The number of rotatable bonds is 6. The van der Waals surface area contributed by atoms with Gasteiger partial charge in [0.1, 0.15) is 18.2 Å². The summed E-state index contributed by atoms with van der Waals surface area (Å²) in [5, 5.41) is 2.52. The van der Waals surface area contributed by atoms with E-state index in [2.05, 4.69) is 5.32 Å². The summed E-state index contributed by atoms with van der Waals surface area (Å²) in [6.45, 7) is 3.32. The highest BCUT2D eigenvalue weighted by molar-refractivity contribution is 5.94. The highest BCUT2D eigenvalue weighted by Crippen LogP contribution is 2.12. The van der Waals surface area contributed by atoms with Gasteiger partial charge in [-0.25, -0.2) is 8.78 Å². The number of hydrogen-bond acceptors (Lipinski definition) is 4. The Morgan fingerprint density at radius 1 is 1.33 bits per heavy atom. The molecule has 1 aromatic rings. The highest BCUT2D eigenvalue weighted by atomic mass is 19.1. The third kappa shape index (κ3) is 5.47. The van der Waals surface area contributed by atoms with Gasteiger partial charge in [0.25, 0.3) is 5.91 Å². The van der Waals surface area contributed by atoms with E-state index < -0.39 is 29.0 Å². The number of esters is 1. The van der Waals surface area contributed by atoms with Crippen molar-refractivity contribution in [3.05, 3.63) is 35.4 Å². The van der Waals surface area contributed by atoms with Crippen molar-refractivity contribution in [3.63, 3.8) is 0 Å². The van der Waals surface area contributed by atoms with Gasteiger partial charge in [0, 0.05) is 12.6 Å². The topological polar surface area (TPSA) is 81.4 Å². The van der Waals surface area contributed by atoms with Gasteiger partial charge in [0.15, 0.2) is 0 Å². The second-order valence-corrected chi connectivity index (χ2v) is 5.16. The maximum absolute atomic E-state index is 13.5. The number of hydrogen-bond donors (Lipinski definition) is 2. The van der Waals surface area contributed by atoms with Gasteiger partial charge in [-0.2, -0.15) is 0 Å². The Labute approximate surface area is 121 Å². The first-order valence-electron chi connectivity index (χ1n) is 6.38. The van der Waals surface area contributed by atoms with Crippen LogP contribution in [0.4, 0.5) is 8.78 Å². The quantitative estimate of drug-likeness (QED) is 0.777. The zero-order valence-electron chi connectivity index (χ0n) is 11.9. The van der Waals surface area contributed by atoms with Gasteiger partial charge in [-0.05, 0) is 26.0 Å². The zero-order chi connectivity index (χ0) is 16.0. The maximum Gasteiger partial charge on any atom is 0.307 e. The number of benzene rings is 1. The fraction of sp³-hybridized carbons (Fsp3) is 0.429. The van der Waals surface area contributed by atoms with Crippen LogP contribution in [0.15, 0.2) is 18.2 Å². The van der Waals surface area contributed by atoms with Crippen LogP contribution in [-0.2, 0) is 9.53 Å². The minimum Gasteiger partial charge on any atom is -0.463 e. The van der Waals surface area contributed by atoms with Gasteiger partial charge in [-0.1, -0.05) is 0 Å². The number of carbonyl (C=O) groups is 2. The number of nitrogens with two attached hydrogens (primary N) is 1. The monoisotopic (exact) mass is 300 g/mol. The molecule has 0 aromatic heterocycles. The highest BCUT2D eigenvalue weighted by Gasteiger charge is 2.24. The molecule has 116 valence electrons. The van der Waals surface area contributed by atoms with E-state index in [0.29, 0.717) is 6.07 Å². The molecule has 1 rings (SSSR count). The summed E-state index contributed by atoms with van der Waals surface area (Å²) >= 11 is 0. The molecule has 0 spiro atoms. The van der Waals surface area contributed by atoms with Crippen LogP contribution in [0.1, 0.15) is 30.6 Å². The lowest BCUT2D eigenvalue weighted by Gasteiger charge is -2.25. The predicted molar refractivity (Wildman–Crippen MR) is 72.5 cm³/mol. The van der Waals surface area contributed by atoms with E-state index in [4.69, 9.17) is 10.5 Å². The molecule has 1 amide bonds. The number of amides is 1. The Morgan fingerprint density at radius 3 is 2.57 bits per heavy atom. The molecule has 0 aliphatic carbocycles. The average molecular weight is 300 g/mol. The normalized spacial score (nSPS) is 11.1. The van der Waals surface area contributed by atoms with Gasteiger partial charge in [0.2, 0.25) is 0 Å². The van der Waals surface area contributed by atoms with Crippen molar-refractivity contribution in [2.45, 2.75) is 25.8 Å². The number of ether oxygens (including phenoxy) is 1. The molecular formula is C14H18F2N2O3. The van der Waals surface area contributed by atoms with Crippen molar-refractivity contribution < 1.29 is 23.1 Å². The molecule has 0 fully saturated rings. The molecule has 5 nitrogen and oxygen atoms in total. The van der Waals surface area contributed by atoms with Crippen molar-refractivity contribution >= 4 is 11.9 Å². The lowest BCUT2D eigenvalue weighted by atomic mass is 10.1. The van der Waals surface area contributed by atoms with E-state index in [1.54, 1.807) is 13.8 Å². The average Bonchev–Trinajstić information content (AvgIpc) is 2.36. The van der Waals surface area contributed by atoms with Crippen LogP contribution in [0.3, 0.4) is 0 Å². The third-order valence-corrected chi connectivity index (χ3v) is 2.57. The fourth-order valence-electron chi connectivity index (χ4n) is 1.54. The Hall–Kier alpha value is -2.02. The SMILES string of the molecule is CC(C)(COC(=O)CCN)NC(=O)c1ccc(F)cc1F. The lowest BCUT2D eigenvalue weighted by Crippen LogP contribution is -2.47. The maximum atomic E-state index is 13.5. The van der Waals surface area contributed by atoms with Crippen molar-refractivity contribution in [2.75, 3.05) is 13.2 Å². The van der Waals surface area contributed by atoms with E-state index in [-0.39, 0.29) is 25.1 Å². The summed E-state index contributed by atoms with van der Waals surface area (Å²) < 4.78 is 31.2. The zero-order valence-corrected chi connectivity index (χ0v) is 11.9. The van der Waals surface area contributed by atoms with Gasteiger partial charge >= 0.3 is 5.97 Å². The van der Waals surface area contributed by atoms with E-state index in [9.17, 15) is 18.4 Å². The number of nitrogens with one attached hydrogen (secondary N) is 1. The molecule has 0 saturated heterocycles. The summed E-state index contributed by atoms with van der Waals surface area (Å²) in [6, 6.07) is 2.67. The molecule has 0 radical (unpaired) electrons. The van der Waals surface area contributed by atoms with Crippen molar-refractivity contribution in [3.8, 4) is 0 Å². The molecule has 1 aromatic carbocycles. The summed E-state index contributed by atoms with van der Waals surface area (Å²) in [5.41, 5.74) is 4.03. The van der Waals surface area contributed by atoms with Crippen LogP contribution >= 0.6 is 0 Å². The van der Waals surface area contributed by atoms with Gasteiger partial charge in [-0.15, -0.1) is 0 Å². The van der Waals surface area contributed by atoms with E-state index in [0.717, 1.165) is 12.1 Å². The van der Waals surface area contributed by atoms with Crippen LogP contribution in [0.2, 0.25) is 0 Å². The second kappa shape index (κ2) is 7.12. The summed E-state index contributed by atoms with van der Waals surface area (Å²) in [5.74, 6) is -2.91. The van der Waals surface area contributed by atoms with Crippen LogP contribution in [0.5, 0.6) is 0 Å². The Balaban J connectivity index is 2.65. The number of carbonyl (C=O) groups excluding carboxylic acids is 2. The van der Waals surface area contributed by atoms with Gasteiger partial charge in [0.05, 0.1) is 17.5 Å². The third-order valence-electron chi connectivity index (χ3n) is 2.57. The molecule has 0 saturated carbocycles. The Kier molecular flexibility index (Phi) is 5.78. The van der Waals surface area contributed by atoms with E-state index in [1.807, 2.05) is 0 Å². The molecule has 0 bridgehead atoms. The van der Waals surface area contributed by atoms with Gasteiger partial charge < -0.3 is 15.8 Å². The first kappa shape index (κ1) is 17.0. The van der Waals surface area contributed by atoms with Crippen molar-refractivity contribution in [1.29, 1.82) is 0 Å². The van der Waals surface area contributed by atoms with Crippen molar-refractivity contribution in [2.24, 2.45) is 5.73 Å². The van der Waals surface area contributed by atoms with Crippen LogP contribution in [0.25, 0.3) is 0 Å². The summed E-state index contributed by atoms with van der Waals surface area (Å²) in [6.07, 6.45) is 0.0800. The fourth-order valence-corrected chi connectivity index (χ4v) is 1.54. The second-order valence-electron chi connectivity index (χ2n) is 5.16. The molecule has 21 heavy (non-hydrogen) atoms. The first-order chi connectivity index (χ1) is 9.75. The minimum absolute atomic E-state index is 0.0800. The minimum atomic E-state index is -0.955. The Morgan fingerprint density at radius 2 is 2.00 bits per heavy atom. The summed E-state index contributed by atoms with van der Waals surface area (Å²) in [7, 11) is 0. The molecule has 0 atom stereocenters. The predicted octanol–water partition coefficient (Wildman–Crippen LogP) is 1.37. The summed E-state index contributed by atoms with van der Waals surface area (Å²) in [4.78, 5) is 23.1. The van der Waals surface area contributed by atoms with E-state index in [1.165, 1.54) is 0 Å². The van der Waals surface area contributed by atoms with Crippen LogP contribution in [0, 0.1) is 11.6 Å². The molecule has 0 unspecified atom stereocenters. The standard InChI is InChI=1S/C14H18F2N2O3/c1-14(2,8-21-12(19)5-6-17)18-13(20)10-4-3-9(15)7-11(10)16/h3-4,7H,5-6,8,17H2,1-2H3,(H,18,20). The van der Waals surface area contributed by atoms with Gasteiger partial charge in [-0.3, -0.25) is 9.59 Å². The Bertz CT molecular complexity index is 533.